The lowest BCUT2D eigenvalue weighted by Crippen LogP contribution is -2.47. The maximum Gasteiger partial charge on any atom is 0.324 e. The zero-order valence-electron chi connectivity index (χ0n) is 9.58. The lowest BCUT2D eigenvalue weighted by Gasteiger charge is -2.30. The average Bonchev–Trinajstić information content (AvgIpc) is 2.21. The van der Waals surface area contributed by atoms with Crippen molar-refractivity contribution in [1.29, 1.82) is 0 Å². The molecular weight excluding hydrogens is 192 g/mol. The Balaban J connectivity index is 2.51. The number of rotatable bonds is 3. The van der Waals surface area contributed by atoms with E-state index in [-0.39, 0.29) is 12.0 Å². The summed E-state index contributed by atoms with van der Waals surface area (Å²) in [6.45, 7) is 2.29. The average molecular weight is 214 g/mol. The van der Waals surface area contributed by atoms with Crippen LogP contribution in [-0.2, 0) is 9.53 Å². The van der Waals surface area contributed by atoms with Gasteiger partial charge in [-0.3, -0.25) is 9.69 Å². The van der Waals surface area contributed by atoms with Gasteiger partial charge in [0.05, 0.1) is 7.11 Å². The number of methoxy groups -OCH3 is 1. The molecular formula is C11H22N2O2. The molecule has 1 fully saturated rings. The maximum atomic E-state index is 11.5. The van der Waals surface area contributed by atoms with Gasteiger partial charge in [0.15, 0.2) is 0 Å². The molecule has 4 heteroatoms. The van der Waals surface area contributed by atoms with E-state index in [0.717, 1.165) is 25.9 Å². The maximum absolute atomic E-state index is 11.5. The molecule has 4 nitrogen and oxygen atoms in total. The number of likely N-dealkylation sites (tertiary alicyclic amines) is 1. The van der Waals surface area contributed by atoms with Gasteiger partial charge in [-0.2, -0.15) is 0 Å². The van der Waals surface area contributed by atoms with E-state index < -0.39 is 0 Å². The molecule has 2 N–H and O–H groups in total. The number of esters is 1. The van der Waals surface area contributed by atoms with Crippen molar-refractivity contribution < 1.29 is 9.53 Å². The molecule has 0 radical (unpaired) electrons. The third-order valence-corrected chi connectivity index (χ3v) is 3.03. The topological polar surface area (TPSA) is 55.6 Å². The third kappa shape index (κ3) is 3.80. The van der Waals surface area contributed by atoms with E-state index in [1.165, 1.54) is 26.4 Å². The van der Waals surface area contributed by atoms with E-state index in [9.17, 15) is 4.79 Å². The molecule has 1 unspecified atom stereocenters. The van der Waals surface area contributed by atoms with Crippen molar-refractivity contribution in [3.05, 3.63) is 0 Å². The number of carbonyl (C=O) groups is 1. The first kappa shape index (κ1) is 12.5. The van der Waals surface area contributed by atoms with Crippen LogP contribution in [0.5, 0.6) is 0 Å². The van der Waals surface area contributed by atoms with E-state index >= 15 is 0 Å². The summed E-state index contributed by atoms with van der Waals surface area (Å²) >= 11 is 0. The van der Waals surface area contributed by atoms with Crippen LogP contribution in [0, 0.1) is 0 Å². The Hall–Kier alpha value is -0.610. The van der Waals surface area contributed by atoms with Crippen LogP contribution >= 0.6 is 0 Å². The first-order valence-corrected chi connectivity index (χ1v) is 5.81. The van der Waals surface area contributed by atoms with E-state index in [1.54, 1.807) is 0 Å². The van der Waals surface area contributed by atoms with Crippen LogP contribution in [0.25, 0.3) is 0 Å². The highest BCUT2D eigenvalue weighted by Crippen LogP contribution is 2.13. The zero-order valence-corrected chi connectivity index (χ0v) is 9.58. The Bertz CT molecular complexity index is 189. The summed E-state index contributed by atoms with van der Waals surface area (Å²) in [6.07, 6.45) is 6.16. The molecule has 15 heavy (non-hydrogen) atoms. The summed E-state index contributed by atoms with van der Waals surface area (Å²) in [6, 6.07) is -0.243. The Kier molecular flexibility index (Phi) is 5.65. The summed E-state index contributed by atoms with van der Waals surface area (Å²) in [5.74, 6) is -0.196. The fourth-order valence-electron chi connectivity index (χ4n) is 2.11. The van der Waals surface area contributed by atoms with Gasteiger partial charge in [-0.25, -0.2) is 0 Å². The van der Waals surface area contributed by atoms with Gasteiger partial charge < -0.3 is 10.5 Å². The lowest BCUT2D eigenvalue weighted by atomic mass is 10.1. The number of hydrogen-bond donors (Lipinski definition) is 1. The molecule has 1 aliphatic heterocycles. The van der Waals surface area contributed by atoms with Gasteiger partial charge in [-0.1, -0.05) is 19.3 Å². The summed E-state index contributed by atoms with van der Waals surface area (Å²) in [5, 5.41) is 0. The van der Waals surface area contributed by atoms with Gasteiger partial charge in [0.1, 0.15) is 6.04 Å². The molecule has 1 rings (SSSR count). The van der Waals surface area contributed by atoms with Crippen molar-refractivity contribution in [1.82, 2.24) is 4.90 Å². The van der Waals surface area contributed by atoms with Crippen molar-refractivity contribution in [2.24, 2.45) is 5.73 Å². The third-order valence-electron chi connectivity index (χ3n) is 3.03. The van der Waals surface area contributed by atoms with Crippen LogP contribution in [0.4, 0.5) is 0 Å². The molecule has 0 aromatic heterocycles. The van der Waals surface area contributed by atoms with E-state index in [2.05, 4.69) is 4.90 Å². The van der Waals surface area contributed by atoms with E-state index in [0.29, 0.717) is 6.54 Å². The molecule has 0 saturated carbocycles. The number of ether oxygens (including phenoxy) is 1. The summed E-state index contributed by atoms with van der Waals surface area (Å²) < 4.78 is 4.77. The second-order valence-corrected chi connectivity index (χ2v) is 4.08. The van der Waals surface area contributed by atoms with Crippen molar-refractivity contribution in [3.63, 3.8) is 0 Å². The monoisotopic (exact) mass is 214 g/mol. The molecule has 1 saturated heterocycles. The molecule has 88 valence electrons. The van der Waals surface area contributed by atoms with Gasteiger partial charge in [-0.05, 0) is 25.9 Å². The minimum atomic E-state index is -0.243. The van der Waals surface area contributed by atoms with Crippen molar-refractivity contribution >= 4 is 5.97 Å². The predicted molar refractivity (Wildman–Crippen MR) is 59.5 cm³/mol. The molecule has 0 aromatic carbocycles. The highest BCUT2D eigenvalue weighted by Gasteiger charge is 2.25. The minimum Gasteiger partial charge on any atom is -0.468 e. The SMILES string of the molecule is COC(=O)C(CN)N1CCCCCCC1. The van der Waals surface area contributed by atoms with Crippen LogP contribution in [0.3, 0.4) is 0 Å². The Morgan fingerprint density at radius 2 is 1.80 bits per heavy atom. The van der Waals surface area contributed by atoms with Crippen molar-refractivity contribution in [2.45, 2.75) is 38.1 Å². The van der Waals surface area contributed by atoms with Crippen LogP contribution in [0.2, 0.25) is 0 Å². The lowest BCUT2D eigenvalue weighted by molar-refractivity contribution is -0.146. The molecule has 1 atom stereocenters. The van der Waals surface area contributed by atoms with Crippen LogP contribution in [-0.4, -0.2) is 43.7 Å². The standard InChI is InChI=1S/C11H22N2O2/c1-15-11(14)10(9-12)13-7-5-3-2-4-6-8-13/h10H,2-9,12H2,1H3. The quantitative estimate of drug-likeness (QED) is 0.704. The zero-order chi connectivity index (χ0) is 11.1. The fourth-order valence-corrected chi connectivity index (χ4v) is 2.11. The highest BCUT2D eigenvalue weighted by atomic mass is 16.5. The Morgan fingerprint density at radius 3 is 2.27 bits per heavy atom. The molecule has 1 heterocycles. The van der Waals surface area contributed by atoms with Crippen LogP contribution in [0.1, 0.15) is 32.1 Å². The van der Waals surface area contributed by atoms with Gasteiger partial charge in [-0.15, -0.1) is 0 Å². The predicted octanol–water partition coefficient (Wildman–Crippen LogP) is 0.753. The first-order chi connectivity index (χ1) is 7.29. The van der Waals surface area contributed by atoms with Crippen molar-refractivity contribution in [3.8, 4) is 0 Å². The number of nitrogens with zero attached hydrogens (tertiary/aromatic N) is 1. The highest BCUT2D eigenvalue weighted by molar-refractivity contribution is 5.75. The summed E-state index contributed by atoms with van der Waals surface area (Å²) in [4.78, 5) is 13.7. The molecule has 0 spiro atoms. The van der Waals surface area contributed by atoms with Crippen molar-refractivity contribution in [2.75, 3.05) is 26.7 Å². The van der Waals surface area contributed by atoms with E-state index in [1.807, 2.05) is 0 Å². The Morgan fingerprint density at radius 1 is 1.27 bits per heavy atom. The molecule has 0 aliphatic carbocycles. The minimum absolute atomic E-state index is 0.196. The van der Waals surface area contributed by atoms with Gasteiger partial charge in [0.25, 0.3) is 0 Å². The molecule has 0 bridgehead atoms. The van der Waals surface area contributed by atoms with Gasteiger partial charge in [0.2, 0.25) is 0 Å². The summed E-state index contributed by atoms with van der Waals surface area (Å²) in [7, 11) is 1.43. The van der Waals surface area contributed by atoms with Crippen LogP contribution < -0.4 is 5.73 Å². The van der Waals surface area contributed by atoms with Gasteiger partial charge >= 0.3 is 5.97 Å². The first-order valence-electron chi connectivity index (χ1n) is 5.81. The molecule has 0 amide bonds. The molecule has 1 aliphatic rings. The number of nitrogens with two attached hydrogens (primary N) is 1. The van der Waals surface area contributed by atoms with Gasteiger partial charge in [0, 0.05) is 6.54 Å². The fraction of sp³-hybridized carbons (Fsp3) is 0.909. The number of hydrogen-bond acceptors (Lipinski definition) is 4. The Labute approximate surface area is 91.8 Å². The normalized spacial score (nSPS) is 21.5. The largest absolute Gasteiger partial charge is 0.468 e. The van der Waals surface area contributed by atoms with E-state index in [4.69, 9.17) is 10.5 Å². The summed E-state index contributed by atoms with van der Waals surface area (Å²) in [5.41, 5.74) is 5.63. The van der Waals surface area contributed by atoms with Crippen LogP contribution in [0.15, 0.2) is 0 Å². The number of carbonyl (C=O) groups excluding carboxylic acids is 1. The smallest absolute Gasteiger partial charge is 0.324 e. The second kappa shape index (κ2) is 6.80. The molecule has 0 aromatic rings. The second-order valence-electron chi connectivity index (χ2n) is 4.08.